The van der Waals surface area contributed by atoms with Crippen molar-refractivity contribution >= 4 is 23.2 Å². The van der Waals surface area contributed by atoms with Gasteiger partial charge in [-0.25, -0.2) is 0 Å². The average molecular weight is 263 g/mol. The minimum Gasteiger partial charge on any atom is -0.390 e. The number of halogens is 2. The highest BCUT2D eigenvalue weighted by molar-refractivity contribution is 6.36. The molecule has 1 N–H and O–H groups in total. The Morgan fingerprint density at radius 2 is 1.69 bits per heavy atom. The van der Waals surface area contributed by atoms with Crippen LogP contribution in [0.2, 0.25) is 10.0 Å². The summed E-state index contributed by atoms with van der Waals surface area (Å²) in [5.41, 5.74) is 0.648. The first-order chi connectivity index (χ1) is 7.49. The van der Waals surface area contributed by atoms with Crippen molar-refractivity contribution in [2.45, 2.75) is 26.1 Å². The average Bonchev–Trinajstić information content (AvgIpc) is 2.22. The first-order valence-electron chi connectivity index (χ1n) is 5.13. The molecule has 0 amide bonds. The topological polar surface area (TPSA) is 29.5 Å². The molecule has 90 valence electrons. The third-order valence-electron chi connectivity index (χ3n) is 2.53. The number of hydrogen-bond donors (Lipinski definition) is 1. The summed E-state index contributed by atoms with van der Waals surface area (Å²) in [6.45, 7) is 3.84. The van der Waals surface area contributed by atoms with E-state index in [0.29, 0.717) is 15.6 Å². The zero-order valence-corrected chi connectivity index (χ0v) is 11.1. The molecule has 2 atom stereocenters. The standard InChI is InChI=1S/C12H16Cl2O2/c1-7(2)11(15)12(16-3)10-8(13)5-4-6-9(10)14/h4-7,11-12,15H,1-3H3. The fourth-order valence-electron chi connectivity index (χ4n) is 1.56. The number of benzene rings is 1. The van der Waals surface area contributed by atoms with Crippen LogP contribution >= 0.6 is 23.2 Å². The number of aliphatic hydroxyl groups excluding tert-OH is 1. The summed E-state index contributed by atoms with van der Waals surface area (Å²) in [6, 6.07) is 5.24. The van der Waals surface area contributed by atoms with Crippen LogP contribution in [0, 0.1) is 5.92 Å². The van der Waals surface area contributed by atoms with Crippen molar-refractivity contribution in [1.29, 1.82) is 0 Å². The second kappa shape index (κ2) is 5.87. The molecule has 0 spiro atoms. The SMILES string of the molecule is COC(c1c(Cl)cccc1Cl)C(O)C(C)C. The molecule has 4 heteroatoms. The van der Waals surface area contributed by atoms with E-state index >= 15 is 0 Å². The lowest BCUT2D eigenvalue weighted by Crippen LogP contribution is -2.26. The summed E-state index contributed by atoms with van der Waals surface area (Å²) in [5, 5.41) is 11.1. The molecular weight excluding hydrogens is 247 g/mol. The first kappa shape index (κ1) is 13.8. The Balaban J connectivity index is 3.13. The van der Waals surface area contributed by atoms with Crippen LogP contribution in [0.5, 0.6) is 0 Å². The van der Waals surface area contributed by atoms with Gasteiger partial charge in [0.05, 0.1) is 6.10 Å². The Kier molecular flexibility index (Phi) is 5.06. The third kappa shape index (κ3) is 2.89. The molecule has 16 heavy (non-hydrogen) atoms. The van der Waals surface area contributed by atoms with Crippen molar-refractivity contribution < 1.29 is 9.84 Å². The van der Waals surface area contributed by atoms with Gasteiger partial charge < -0.3 is 9.84 Å². The van der Waals surface area contributed by atoms with E-state index in [1.165, 1.54) is 7.11 Å². The molecule has 2 nitrogen and oxygen atoms in total. The molecule has 0 aromatic heterocycles. The lowest BCUT2D eigenvalue weighted by molar-refractivity contribution is -0.0359. The van der Waals surface area contributed by atoms with E-state index in [9.17, 15) is 5.11 Å². The van der Waals surface area contributed by atoms with Crippen LogP contribution in [-0.4, -0.2) is 18.3 Å². The second-order valence-electron chi connectivity index (χ2n) is 4.03. The number of methoxy groups -OCH3 is 1. The second-order valence-corrected chi connectivity index (χ2v) is 4.84. The summed E-state index contributed by atoms with van der Waals surface area (Å²) >= 11 is 12.2. The van der Waals surface area contributed by atoms with Crippen molar-refractivity contribution in [2.24, 2.45) is 5.92 Å². The molecule has 0 bridgehead atoms. The van der Waals surface area contributed by atoms with Gasteiger partial charge in [0.25, 0.3) is 0 Å². The molecule has 0 saturated carbocycles. The van der Waals surface area contributed by atoms with Crippen molar-refractivity contribution in [1.82, 2.24) is 0 Å². The molecular formula is C12H16Cl2O2. The van der Waals surface area contributed by atoms with E-state index in [4.69, 9.17) is 27.9 Å². The number of rotatable bonds is 4. The van der Waals surface area contributed by atoms with Crippen LogP contribution < -0.4 is 0 Å². The molecule has 2 unspecified atom stereocenters. The Bertz CT molecular complexity index is 333. The minimum atomic E-state index is -0.637. The van der Waals surface area contributed by atoms with E-state index in [1.54, 1.807) is 18.2 Å². The van der Waals surface area contributed by atoms with Crippen molar-refractivity contribution in [3.8, 4) is 0 Å². The molecule has 1 aromatic rings. The Labute approximate surface area is 106 Å². The van der Waals surface area contributed by atoms with Gasteiger partial charge in [0.1, 0.15) is 6.10 Å². The molecule has 0 fully saturated rings. The maximum Gasteiger partial charge on any atom is 0.111 e. The molecule has 1 rings (SSSR count). The van der Waals surface area contributed by atoms with Crippen molar-refractivity contribution in [3.63, 3.8) is 0 Å². The summed E-state index contributed by atoms with van der Waals surface area (Å²) in [5.74, 6) is 0.0669. The minimum absolute atomic E-state index is 0.0669. The highest BCUT2D eigenvalue weighted by Crippen LogP contribution is 2.35. The first-order valence-corrected chi connectivity index (χ1v) is 5.89. The summed E-state index contributed by atoms with van der Waals surface area (Å²) in [7, 11) is 1.54. The Hall–Kier alpha value is -0.280. The highest BCUT2D eigenvalue weighted by Gasteiger charge is 2.27. The number of aliphatic hydroxyl groups is 1. The molecule has 0 saturated heterocycles. The zero-order chi connectivity index (χ0) is 12.3. The molecule has 0 aliphatic rings. The fraction of sp³-hybridized carbons (Fsp3) is 0.500. The fourth-order valence-corrected chi connectivity index (χ4v) is 2.17. The molecule has 0 aliphatic heterocycles. The normalized spacial score (nSPS) is 15.2. The lowest BCUT2D eigenvalue weighted by Gasteiger charge is -2.26. The number of ether oxygens (including phenoxy) is 1. The van der Waals surface area contributed by atoms with E-state index in [-0.39, 0.29) is 5.92 Å². The number of hydrogen-bond acceptors (Lipinski definition) is 2. The summed E-state index contributed by atoms with van der Waals surface area (Å²) in [6.07, 6.45) is -1.14. The van der Waals surface area contributed by atoms with Crippen LogP contribution in [0.25, 0.3) is 0 Å². The van der Waals surface area contributed by atoms with Crippen molar-refractivity contribution in [3.05, 3.63) is 33.8 Å². The van der Waals surface area contributed by atoms with Crippen LogP contribution in [-0.2, 0) is 4.74 Å². The van der Waals surface area contributed by atoms with Crippen LogP contribution in [0.4, 0.5) is 0 Å². The van der Waals surface area contributed by atoms with Gasteiger partial charge in [-0.3, -0.25) is 0 Å². The summed E-state index contributed by atoms with van der Waals surface area (Å²) in [4.78, 5) is 0. The molecule has 0 aliphatic carbocycles. The smallest absolute Gasteiger partial charge is 0.111 e. The quantitative estimate of drug-likeness (QED) is 0.897. The molecule has 1 aromatic carbocycles. The molecule has 0 heterocycles. The van der Waals surface area contributed by atoms with Gasteiger partial charge in [-0.15, -0.1) is 0 Å². The van der Waals surface area contributed by atoms with Gasteiger partial charge in [0.15, 0.2) is 0 Å². The van der Waals surface area contributed by atoms with Crippen molar-refractivity contribution in [2.75, 3.05) is 7.11 Å². The van der Waals surface area contributed by atoms with Crippen LogP contribution in [0.3, 0.4) is 0 Å². The highest BCUT2D eigenvalue weighted by atomic mass is 35.5. The Morgan fingerprint density at radius 1 is 1.19 bits per heavy atom. The lowest BCUT2D eigenvalue weighted by atomic mass is 9.96. The zero-order valence-electron chi connectivity index (χ0n) is 9.58. The predicted octanol–water partition coefficient (Wildman–Crippen LogP) is 3.70. The largest absolute Gasteiger partial charge is 0.390 e. The monoisotopic (exact) mass is 262 g/mol. The van der Waals surface area contributed by atoms with Gasteiger partial charge >= 0.3 is 0 Å². The maximum atomic E-state index is 10.0. The van der Waals surface area contributed by atoms with E-state index in [1.807, 2.05) is 13.8 Å². The third-order valence-corrected chi connectivity index (χ3v) is 3.19. The van der Waals surface area contributed by atoms with Crippen LogP contribution in [0.1, 0.15) is 25.5 Å². The van der Waals surface area contributed by atoms with Gasteiger partial charge in [0.2, 0.25) is 0 Å². The van der Waals surface area contributed by atoms with Gasteiger partial charge in [0, 0.05) is 22.7 Å². The van der Waals surface area contributed by atoms with Crippen LogP contribution in [0.15, 0.2) is 18.2 Å². The van der Waals surface area contributed by atoms with E-state index in [0.717, 1.165) is 0 Å². The van der Waals surface area contributed by atoms with Gasteiger partial charge in [-0.2, -0.15) is 0 Å². The summed E-state index contributed by atoms with van der Waals surface area (Å²) < 4.78 is 5.30. The molecule has 0 radical (unpaired) electrons. The van der Waals surface area contributed by atoms with Gasteiger partial charge in [-0.1, -0.05) is 43.1 Å². The van der Waals surface area contributed by atoms with E-state index in [2.05, 4.69) is 0 Å². The predicted molar refractivity (Wildman–Crippen MR) is 67.1 cm³/mol. The maximum absolute atomic E-state index is 10.0. The Morgan fingerprint density at radius 3 is 2.06 bits per heavy atom. The van der Waals surface area contributed by atoms with E-state index < -0.39 is 12.2 Å². The van der Waals surface area contributed by atoms with Gasteiger partial charge in [-0.05, 0) is 18.1 Å².